The third kappa shape index (κ3) is 6.51. The zero-order valence-electron chi connectivity index (χ0n) is 33.0. The third-order valence-electron chi connectivity index (χ3n) is 11.8. The SMILES string of the molecule is c1ccc(-c2ccc(N(c3ccc(-c4ccc(-c5ccc6ccccc6c5)cc4)cc3)c3ccc(-c4ccc(-n5c6ccccc6c6ccccc65)cc4)cc3)cc2)cc1. The van der Waals surface area contributed by atoms with E-state index in [1.165, 1.54) is 77.1 Å². The summed E-state index contributed by atoms with van der Waals surface area (Å²) in [5, 5.41) is 5.06. The summed E-state index contributed by atoms with van der Waals surface area (Å²) in [6.07, 6.45) is 0. The van der Waals surface area contributed by atoms with E-state index in [0.29, 0.717) is 0 Å². The Morgan fingerprint density at radius 1 is 0.250 bits per heavy atom. The molecule has 0 aliphatic carbocycles. The van der Waals surface area contributed by atoms with Crippen molar-refractivity contribution in [2.45, 2.75) is 0 Å². The fraction of sp³-hybridized carbons (Fsp3) is 0. The van der Waals surface area contributed by atoms with Gasteiger partial charge in [-0.2, -0.15) is 0 Å². The highest BCUT2D eigenvalue weighted by Gasteiger charge is 2.15. The van der Waals surface area contributed by atoms with Gasteiger partial charge >= 0.3 is 0 Å². The lowest BCUT2D eigenvalue weighted by Crippen LogP contribution is -2.09. The summed E-state index contributed by atoms with van der Waals surface area (Å²) in [6, 6.07) is 87.8. The Kier molecular flexibility index (Phi) is 8.87. The first-order valence-electron chi connectivity index (χ1n) is 20.6. The molecule has 0 unspecified atom stereocenters. The second kappa shape index (κ2) is 15.1. The maximum atomic E-state index is 2.37. The van der Waals surface area contributed by atoms with Crippen molar-refractivity contribution in [1.29, 1.82) is 0 Å². The summed E-state index contributed by atoms with van der Waals surface area (Å²) in [5.74, 6) is 0. The fourth-order valence-corrected chi connectivity index (χ4v) is 8.71. The summed E-state index contributed by atoms with van der Waals surface area (Å²) >= 11 is 0. The van der Waals surface area contributed by atoms with Crippen molar-refractivity contribution in [3.63, 3.8) is 0 Å². The normalized spacial score (nSPS) is 11.3. The second-order valence-electron chi connectivity index (χ2n) is 15.4. The summed E-state index contributed by atoms with van der Waals surface area (Å²) in [4.78, 5) is 2.34. The van der Waals surface area contributed by atoms with Gasteiger partial charge in [0.05, 0.1) is 11.0 Å². The Morgan fingerprint density at radius 3 is 1.10 bits per heavy atom. The minimum Gasteiger partial charge on any atom is -0.311 e. The monoisotopic (exact) mass is 764 g/mol. The summed E-state index contributed by atoms with van der Waals surface area (Å²) in [5.41, 5.74) is 16.5. The van der Waals surface area contributed by atoms with E-state index in [1.54, 1.807) is 0 Å². The minimum atomic E-state index is 1.10. The van der Waals surface area contributed by atoms with Gasteiger partial charge in [-0.1, -0.05) is 176 Å². The van der Waals surface area contributed by atoms with Gasteiger partial charge < -0.3 is 9.47 Å². The van der Waals surface area contributed by atoms with Crippen molar-refractivity contribution in [3.8, 4) is 50.2 Å². The molecule has 282 valence electrons. The average molecular weight is 765 g/mol. The topological polar surface area (TPSA) is 8.17 Å². The van der Waals surface area contributed by atoms with Gasteiger partial charge in [0.1, 0.15) is 0 Å². The third-order valence-corrected chi connectivity index (χ3v) is 11.8. The molecule has 11 aromatic rings. The standard InChI is InChI=1S/C58H40N2/c1-2-10-41(11-3-1)44-24-32-51(33-25-44)59(52-34-26-45(27-35-52)43-18-20-48(21-19-43)50-23-22-42-12-4-5-13-49(42)40-50)53-36-28-46(29-37-53)47-30-38-54(39-31-47)60-57-16-8-6-14-55(57)56-15-7-9-17-58(56)60/h1-40H. The maximum absolute atomic E-state index is 2.37. The molecule has 0 fully saturated rings. The number of benzene rings is 10. The van der Waals surface area contributed by atoms with Gasteiger partial charge in [-0.05, 0) is 122 Å². The molecule has 0 radical (unpaired) electrons. The van der Waals surface area contributed by atoms with Crippen LogP contribution in [-0.4, -0.2) is 4.57 Å². The van der Waals surface area contributed by atoms with E-state index in [0.717, 1.165) is 22.7 Å². The first kappa shape index (κ1) is 35.2. The molecule has 0 aliphatic rings. The number of hydrogen-bond acceptors (Lipinski definition) is 1. The molecule has 1 aromatic heterocycles. The Balaban J connectivity index is 0.899. The van der Waals surface area contributed by atoms with Crippen LogP contribution >= 0.6 is 0 Å². The van der Waals surface area contributed by atoms with Crippen LogP contribution in [0.1, 0.15) is 0 Å². The van der Waals surface area contributed by atoms with E-state index in [2.05, 4.69) is 252 Å². The predicted octanol–water partition coefficient (Wildman–Crippen LogP) is 16.1. The lowest BCUT2D eigenvalue weighted by molar-refractivity contribution is 1.18. The van der Waals surface area contributed by atoms with Gasteiger partial charge in [0, 0.05) is 33.5 Å². The molecule has 1 heterocycles. The molecule has 11 rings (SSSR count). The first-order valence-corrected chi connectivity index (χ1v) is 20.6. The van der Waals surface area contributed by atoms with Crippen LogP contribution in [0.3, 0.4) is 0 Å². The zero-order valence-corrected chi connectivity index (χ0v) is 33.0. The van der Waals surface area contributed by atoms with E-state index in [-0.39, 0.29) is 0 Å². The lowest BCUT2D eigenvalue weighted by atomic mass is 9.98. The number of rotatable bonds is 8. The van der Waals surface area contributed by atoms with Crippen LogP contribution in [0.15, 0.2) is 243 Å². The summed E-state index contributed by atoms with van der Waals surface area (Å²) in [6.45, 7) is 0. The number of anilines is 3. The van der Waals surface area contributed by atoms with Crippen LogP contribution in [-0.2, 0) is 0 Å². The quantitative estimate of drug-likeness (QED) is 0.150. The van der Waals surface area contributed by atoms with Crippen LogP contribution in [0, 0.1) is 0 Å². The molecule has 0 saturated heterocycles. The molecule has 0 bridgehead atoms. The predicted molar refractivity (Wildman–Crippen MR) is 255 cm³/mol. The van der Waals surface area contributed by atoms with Crippen molar-refractivity contribution >= 4 is 49.6 Å². The van der Waals surface area contributed by atoms with E-state index >= 15 is 0 Å². The lowest BCUT2D eigenvalue weighted by Gasteiger charge is -2.26. The minimum absolute atomic E-state index is 1.10. The second-order valence-corrected chi connectivity index (χ2v) is 15.4. The number of hydrogen-bond donors (Lipinski definition) is 0. The van der Waals surface area contributed by atoms with Gasteiger partial charge in [0.15, 0.2) is 0 Å². The molecule has 2 nitrogen and oxygen atoms in total. The van der Waals surface area contributed by atoms with Crippen molar-refractivity contribution < 1.29 is 0 Å². The maximum Gasteiger partial charge on any atom is 0.0541 e. The van der Waals surface area contributed by atoms with E-state index in [1.807, 2.05) is 0 Å². The van der Waals surface area contributed by atoms with E-state index in [4.69, 9.17) is 0 Å². The first-order chi connectivity index (χ1) is 29.7. The van der Waals surface area contributed by atoms with Crippen LogP contribution in [0.5, 0.6) is 0 Å². The molecule has 0 aliphatic heterocycles. The van der Waals surface area contributed by atoms with Gasteiger partial charge in [-0.15, -0.1) is 0 Å². The van der Waals surface area contributed by atoms with Crippen LogP contribution in [0.2, 0.25) is 0 Å². The largest absolute Gasteiger partial charge is 0.311 e. The van der Waals surface area contributed by atoms with Gasteiger partial charge in [0.25, 0.3) is 0 Å². The van der Waals surface area contributed by atoms with Crippen molar-refractivity contribution in [1.82, 2.24) is 4.57 Å². The number of aromatic nitrogens is 1. The highest BCUT2D eigenvalue weighted by molar-refractivity contribution is 6.09. The van der Waals surface area contributed by atoms with Crippen LogP contribution < -0.4 is 4.90 Å². The van der Waals surface area contributed by atoms with Crippen LogP contribution in [0.25, 0.3) is 82.8 Å². The summed E-state index contributed by atoms with van der Waals surface area (Å²) < 4.78 is 2.37. The van der Waals surface area contributed by atoms with Crippen molar-refractivity contribution in [2.75, 3.05) is 4.90 Å². The fourth-order valence-electron chi connectivity index (χ4n) is 8.71. The summed E-state index contributed by atoms with van der Waals surface area (Å²) in [7, 11) is 0. The number of nitrogens with zero attached hydrogens (tertiary/aromatic N) is 2. The Hall–Kier alpha value is -7.94. The highest BCUT2D eigenvalue weighted by atomic mass is 15.1. The van der Waals surface area contributed by atoms with Crippen molar-refractivity contribution in [2.24, 2.45) is 0 Å². The average Bonchev–Trinajstić information content (AvgIpc) is 3.67. The van der Waals surface area contributed by atoms with Gasteiger partial charge in [-0.3, -0.25) is 0 Å². The molecular formula is C58H40N2. The molecule has 60 heavy (non-hydrogen) atoms. The molecular weight excluding hydrogens is 725 g/mol. The number of para-hydroxylation sites is 2. The van der Waals surface area contributed by atoms with E-state index < -0.39 is 0 Å². The van der Waals surface area contributed by atoms with Gasteiger partial charge in [0.2, 0.25) is 0 Å². The highest BCUT2D eigenvalue weighted by Crippen LogP contribution is 2.39. The zero-order chi connectivity index (χ0) is 39.8. The Bertz CT molecular complexity index is 3200. The number of fused-ring (bicyclic) bond motifs is 4. The smallest absolute Gasteiger partial charge is 0.0541 e. The molecule has 2 heteroatoms. The molecule has 0 saturated carbocycles. The van der Waals surface area contributed by atoms with Crippen LogP contribution in [0.4, 0.5) is 17.1 Å². The van der Waals surface area contributed by atoms with Gasteiger partial charge in [-0.25, -0.2) is 0 Å². The Labute approximate surface area is 350 Å². The van der Waals surface area contributed by atoms with Crippen molar-refractivity contribution in [3.05, 3.63) is 243 Å². The molecule has 0 atom stereocenters. The van der Waals surface area contributed by atoms with E-state index in [9.17, 15) is 0 Å². The molecule has 0 amide bonds. The molecule has 10 aromatic carbocycles. The molecule has 0 N–H and O–H groups in total. The molecule has 0 spiro atoms. The Morgan fingerprint density at radius 2 is 0.600 bits per heavy atom.